The van der Waals surface area contributed by atoms with Gasteiger partial charge in [0.25, 0.3) is 5.91 Å². The molecule has 1 N–H and O–H groups in total. The van der Waals surface area contributed by atoms with E-state index in [0.717, 1.165) is 39.3 Å². The number of amides is 1. The summed E-state index contributed by atoms with van der Waals surface area (Å²) in [5.74, 6) is -0.616. The third-order valence-electron chi connectivity index (χ3n) is 3.59. The molecule has 0 saturated carbocycles. The molecule has 2 rings (SSSR count). The Morgan fingerprint density at radius 1 is 1.27 bits per heavy atom. The van der Waals surface area contributed by atoms with Gasteiger partial charge in [0.2, 0.25) is 0 Å². The molecule has 0 radical (unpaired) electrons. The zero-order valence-corrected chi connectivity index (χ0v) is 12.8. The molecule has 120 valence electrons. The molecule has 0 aromatic heterocycles. The lowest BCUT2D eigenvalue weighted by Gasteiger charge is -2.26. The Kier molecular flexibility index (Phi) is 6.36. The number of ether oxygens (including phenoxy) is 2. The van der Waals surface area contributed by atoms with Crippen LogP contribution in [0, 0.1) is 0 Å². The van der Waals surface area contributed by atoms with E-state index in [1.807, 2.05) is 0 Å². The van der Waals surface area contributed by atoms with Crippen molar-refractivity contribution in [3.05, 3.63) is 35.4 Å². The van der Waals surface area contributed by atoms with Crippen LogP contribution in [0.5, 0.6) is 0 Å². The van der Waals surface area contributed by atoms with Gasteiger partial charge in [0.05, 0.1) is 25.9 Å². The Morgan fingerprint density at radius 3 is 2.73 bits per heavy atom. The Morgan fingerprint density at radius 2 is 2.00 bits per heavy atom. The fraction of sp³-hybridized carbons (Fsp3) is 0.500. The Bertz CT molecular complexity index is 513. The predicted octanol–water partition coefficient (Wildman–Crippen LogP) is 0.925. The van der Waals surface area contributed by atoms with Gasteiger partial charge in [-0.15, -0.1) is 0 Å². The van der Waals surface area contributed by atoms with Crippen LogP contribution in [-0.2, 0) is 9.47 Å². The monoisotopic (exact) mass is 306 g/mol. The number of hydrogen-bond acceptors (Lipinski definition) is 5. The minimum Gasteiger partial charge on any atom is -0.465 e. The number of carbonyl (C=O) groups is 2. The summed E-state index contributed by atoms with van der Waals surface area (Å²) in [5, 5.41) is 2.87. The third-order valence-corrected chi connectivity index (χ3v) is 3.59. The molecular formula is C16H22N2O4. The average molecular weight is 306 g/mol. The van der Waals surface area contributed by atoms with E-state index in [1.165, 1.54) is 7.11 Å². The van der Waals surface area contributed by atoms with Gasteiger partial charge in [0.1, 0.15) is 0 Å². The van der Waals surface area contributed by atoms with E-state index in [1.54, 1.807) is 24.3 Å². The molecule has 0 bridgehead atoms. The van der Waals surface area contributed by atoms with Crippen molar-refractivity contribution in [3.8, 4) is 0 Å². The molecular weight excluding hydrogens is 284 g/mol. The highest BCUT2D eigenvalue weighted by Crippen LogP contribution is 2.06. The second-order valence-electron chi connectivity index (χ2n) is 5.14. The van der Waals surface area contributed by atoms with Crippen LogP contribution in [0.2, 0.25) is 0 Å². The van der Waals surface area contributed by atoms with Crippen molar-refractivity contribution < 1.29 is 19.1 Å². The second kappa shape index (κ2) is 8.51. The molecule has 1 aromatic carbocycles. The number of methoxy groups -OCH3 is 1. The van der Waals surface area contributed by atoms with Crippen LogP contribution in [0.15, 0.2) is 24.3 Å². The number of rotatable bonds is 6. The first-order valence-electron chi connectivity index (χ1n) is 7.47. The summed E-state index contributed by atoms with van der Waals surface area (Å²) in [5.41, 5.74) is 0.845. The molecule has 0 atom stereocenters. The zero-order chi connectivity index (χ0) is 15.8. The molecule has 22 heavy (non-hydrogen) atoms. The number of morpholine rings is 1. The normalized spacial score (nSPS) is 15.3. The van der Waals surface area contributed by atoms with Crippen LogP contribution in [0.1, 0.15) is 27.1 Å². The maximum absolute atomic E-state index is 12.1. The van der Waals surface area contributed by atoms with Gasteiger partial charge >= 0.3 is 5.97 Å². The lowest BCUT2D eigenvalue weighted by molar-refractivity contribution is 0.0374. The predicted molar refractivity (Wildman–Crippen MR) is 82.0 cm³/mol. The Hall–Kier alpha value is -1.92. The van der Waals surface area contributed by atoms with E-state index in [4.69, 9.17) is 4.74 Å². The van der Waals surface area contributed by atoms with Gasteiger partial charge in [-0.25, -0.2) is 4.79 Å². The smallest absolute Gasteiger partial charge is 0.337 e. The summed E-state index contributed by atoms with van der Waals surface area (Å²) in [7, 11) is 1.32. The summed E-state index contributed by atoms with van der Waals surface area (Å²) in [6.45, 7) is 5.04. The highest BCUT2D eigenvalue weighted by Gasteiger charge is 2.11. The first kappa shape index (κ1) is 16.5. The van der Waals surface area contributed by atoms with Gasteiger partial charge in [-0.2, -0.15) is 0 Å². The Balaban J connectivity index is 1.76. The van der Waals surface area contributed by atoms with Crippen molar-refractivity contribution in [3.63, 3.8) is 0 Å². The van der Waals surface area contributed by atoms with Gasteiger partial charge in [-0.3, -0.25) is 9.69 Å². The topological polar surface area (TPSA) is 67.9 Å². The van der Waals surface area contributed by atoms with Crippen molar-refractivity contribution >= 4 is 11.9 Å². The molecule has 1 fully saturated rings. The van der Waals surface area contributed by atoms with Crippen molar-refractivity contribution in [2.75, 3.05) is 46.5 Å². The summed E-state index contributed by atoms with van der Waals surface area (Å²) < 4.78 is 9.94. The highest BCUT2D eigenvalue weighted by atomic mass is 16.5. The SMILES string of the molecule is COC(=O)c1cccc(C(=O)NCCCN2CCOCC2)c1. The van der Waals surface area contributed by atoms with Crippen molar-refractivity contribution in [2.45, 2.75) is 6.42 Å². The molecule has 6 nitrogen and oxygen atoms in total. The van der Waals surface area contributed by atoms with E-state index < -0.39 is 5.97 Å². The molecule has 6 heteroatoms. The third kappa shape index (κ3) is 4.82. The number of benzene rings is 1. The fourth-order valence-electron chi connectivity index (χ4n) is 2.34. The quantitative estimate of drug-likeness (QED) is 0.625. The van der Waals surface area contributed by atoms with Crippen molar-refractivity contribution in [2.24, 2.45) is 0 Å². The summed E-state index contributed by atoms with van der Waals surface area (Å²) in [4.78, 5) is 25.8. The standard InChI is InChI=1S/C16H22N2O4/c1-21-16(20)14-5-2-4-13(12-14)15(19)17-6-3-7-18-8-10-22-11-9-18/h2,4-5,12H,3,6-11H2,1H3,(H,17,19). The van der Waals surface area contributed by atoms with E-state index >= 15 is 0 Å². The maximum atomic E-state index is 12.1. The number of esters is 1. The number of nitrogens with one attached hydrogen (secondary N) is 1. The van der Waals surface area contributed by atoms with Crippen molar-refractivity contribution in [1.29, 1.82) is 0 Å². The van der Waals surface area contributed by atoms with Crippen LogP contribution in [0.3, 0.4) is 0 Å². The van der Waals surface area contributed by atoms with E-state index in [9.17, 15) is 9.59 Å². The fourth-order valence-corrected chi connectivity index (χ4v) is 2.34. The molecule has 1 heterocycles. The Labute approximate surface area is 130 Å². The number of carbonyl (C=O) groups excluding carboxylic acids is 2. The molecule has 1 saturated heterocycles. The number of hydrogen-bond donors (Lipinski definition) is 1. The number of nitrogens with zero attached hydrogens (tertiary/aromatic N) is 1. The van der Waals surface area contributed by atoms with Crippen LogP contribution < -0.4 is 5.32 Å². The van der Waals surface area contributed by atoms with E-state index in [-0.39, 0.29) is 5.91 Å². The first-order valence-corrected chi connectivity index (χ1v) is 7.47. The molecule has 1 aromatic rings. The van der Waals surface area contributed by atoms with Gasteiger partial charge in [-0.05, 0) is 31.2 Å². The molecule has 0 aliphatic carbocycles. The summed E-state index contributed by atoms with van der Waals surface area (Å²) in [6.07, 6.45) is 0.891. The molecule has 1 aliphatic heterocycles. The summed E-state index contributed by atoms with van der Waals surface area (Å²) >= 11 is 0. The lowest BCUT2D eigenvalue weighted by atomic mass is 10.1. The minimum absolute atomic E-state index is 0.173. The van der Waals surface area contributed by atoms with Crippen LogP contribution in [0.4, 0.5) is 0 Å². The molecule has 1 amide bonds. The molecule has 0 spiro atoms. The van der Waals surface area contributed by atoms with Gasteiger partial charge in [-0.1, -0.05) is 6.07 Å². The first-order chi connectivity index (χ1) is 10.7. The van der Waals surface area contributed by atoms with Crippen LogP contribution in [-0.4, -0.2) is 63.3 Å². The highest BCUT2D eigenvalue weighted by molar-refractivity contribution is 5.97. The zero-order valence-electron chi connectivity index (χ0n) is 12.8. The molecule has 1 aliphatic rings. The maximum Gasteiger partial charge on any atom is 0.337 e. The van der Waals surface area contributed by atoms with Gasteiger partial charge < -0.3 is 14.8 Å². The van der Waals surface area contributed by atoms with Crippen molar-refractivity contribution in [1.82, 2.24) is 10.2 Å². The minimum atomic E-state index is -0.443. The molecule has 0 unspecified atom stereocenters. The average Bonchev–Trinajstić information content (AvgIpc) is 2.59. The van der Waals surface area contributed by atoms with Crippen LogP contribution >= 0.6 is 0 Å². The summed E-state index contributed by atoms with van der Waals surface area (Å²) in [6, 6.07) is 6.53. The van der Waals surface area contributed by atoms with Gasteiger partial charge in [0, 0.05) is 25.2 Å². The lowest BCUT2D eigenvalue weighted by Crippen LogP contribution is -2.38. The van der Waals surface area contributed by atoms with E-state index in [0.29, 0.717) is 17.7 Å². The van der Waals surface area contributed by atoms with Crippen LogP contribution in [0.25, 0.3) is 0 Å². The van der Waals surface area contributed by atoms with Gasteiger partial charge in [0.15, 0.2) is 0 Å². The van der Waals surface area contributed by atoms with E-state index in [2.05, 4.69) is 15.0 Å². The second-order valence-corrected chi connectivity index (χ2v) is 5.14. The largest absolute Gasteiger partial charge is 0.465 e.